The average molecular weight is 1030 g/mol. The summed E-state index contributed by atoms with van der Waals surface area (Å²) in [5, 5.41) is 16.2. The molecule has 0 radical (unpaired) electrons. The van der Waals surface area contributed by atoms with E-state index in [4.69, 9.17) is 4.42 Å². The Bertz CT molecular complexity index is 4970. The Morgan fingerprint density at radius 3 is 1.06 bits per heavy atom. The van der Waals surface area contributed by atoms with Crippen molar-refractivity contribution in [2.45, 2.75) is 0 Å². The van der Waals surface area contributed by atoms with E-state index in [-0.39, 0.29) is 0 Å². The van der Waals surface area contributed by atoms with Gasteiger partial charge in [0.1, 0.15) is 11.2 Å². The molecule has 0 bridgehead atoms. The molecule has 1 aromatic heterocycles. The summed E-state index contributed by atoms with van der Waals surface area (Å²) in [6.07, 6.45) is 0. The Labute approximate surface area is 469 Å². The van der Waals surface area contributed by atoms with Crippen LogP contribution < -0.4 is 9.80 Å². The fourth-order valence-corrected chi connectivity index (χ4v) is 13.0. The molecule has 0 N–H and O–H groups in total. The Morgan fingerprint density at radius 2 is 0.568 bits per heavy atom. The van der Waals surface area contributed by atoms with Crippen LogP contribution in [0.2, 0.25) is 0 Å². The molecule has 3 nitrogen and oxygen atoms in total. The van der Waals surface area contributed by atoms with E-state index in [1.807, 2.05) is 0 Å². The predicted octanol–water partition coefficient (Wildman–Crippen LogP) is 22.4. The molecule has 0 amide bonds. The lowest BCUT2D eigenvalue weighted by atomic mass is 9.84. The first-order valence-electron chi connectivity index (χ1n) is 27.8. The Balaban J connectivity index is 0.982. The minimum atomic E-state index is 0.848. The molecule has 378 valence electrons. The second-order valence-electron chi connectivity index (χ2n) is 21.0. The van der Waals surface area contributed by atoms with Gasteiger partial charge in [0.2, 0.25) is 0 Å². The number of rotatable bonds is 9. The van der Waals surface area contributed by atoms with Crippen LogP contribution in [0.15, 0.2) is 308 Å². The number of fused-ring (bicyclic) bond motifs is 11. The van der Waals surface area contributed by atoms with Crippen LogP contribution in [-0.2, 0) is 0 Å². The van der Waals surface area contributed by atoms with Gasteiger partial charge in [-0.05, 0) is 114 Å². The van der Waals surface area contributed by atoms with Gasteiger partial charge in [-0.15, -0.1) is 0 Å². The van der Waals surface area contributed by atoms with Crippen molar-refractivity contribution >= 4 is 121 Å². The molecule has 3 heteroatoms. The molecule has 0 spiro atoms. The molecule has 0 fully saturated rings. The van der Waals surface area contributed by atoms with Crippen molar-refractivity contribution in [3.8, 4) is 33.4 Å². The maximum atomic E-state index is 7.02. The minimum Gasteiger partial charge on any atom is -0.456 e. The molecule has 16 rings (SSSR count). The number of anilines is 6. The van der Waals surface area contributed by atoms with E-state index in [1.165, 1.54) is 49.4 Å². The lowest BCUT2D eigenvalue weighted by Crippen LogP contribution is -2.12. The molecule has 0 saturated heterocycles. The molecule has 0 aliphatic rings. The zero-order chi connectivity index (χ0) is 53.4. The first kappa shape index (κ1) is 46.4. The van der Waals surface area contributed by atoms with E-state index in [9.17, 15) is 0 Å². The van der Waals surface area contributed by atoms with Crippen LogP contribution in [0.25, 0.3) is 120 Å². The number of hydrogen-bond acceptors (Lipinski definition) is 3. The topological polar surface area (TPSA) is 19.6 Å². The summed E-state index contributed by atoms with van der Waals surface area (Å²) in [5.74, 6) is 0. The quantitative estimate of drug-likeness (QED) is 0.134. The van der Waals surface area contributed by atoms with E-state index in [1.54, 1.807) is 0 Å². The summed E-state index contributed by atoms with van der Waals surface area (Å²) < 4.78 is 7.02. The van der Waals surface area contributed by atoms with Gasteiger partial charge in [-0.2, -0.15) is 0 Å². The van der Waals surface area contributed by atoms with Gasteiger partial charge in [-0.3, -0.25) is 0 Å². The zero-order valence-electron chi connectivity index (χ0n) is 44.2. The molecule has 16 aromatic rings. The van der Waals surface area contributed by atoms with Gasteiger partial charge >= 0.3 is 0 Å². The third-order valence-corrected chi connectivity index (χ3v) is 16.6. The van der Waals surface area contributed by atoms with E-state index < -0.39 is 0 Å². The van der Waals surface area contributed by atoms with Gasteiger partial charge in [-0.1, -0.05) is 255 Å². The van der Waals surface area contributed by atoms with Crippen molar-refractivity contribution in [3.63, 3.8) is 0 Å². The molecule has 1 heterocycles. The molecule has 0 unspecified atom stereocenters. The van der Waals surface area contributed by atoms with Gasteiger partial charge < -0.3 is 14.2 Å². The van der Waals surface area contributed by atoms with Crippen LogP contribution >= 0.6 is 0 Å². The maximum Gasteiger partial charge on any atom is 0.138 e. The van der Waals surface area contributed by atoms with Crippen molar-refractivity contribution in [1.29, 1.82) is 0 Å². The highest BCUT2D eigenvalue weighted by molar-refractivity contribution is 6.33. The number of furan rings is 1. The van der Waals surface area contributed by atoms with Crippen molar-refractivity contribution in [3.05, 3.63) is 303 Å². The summed E-state index contributed by atoms with van der Waals surface area (Å²) in [7, 11) is 0. The number of hydrogen-bond donors (Lipinski definition) is 0. The highest BCUT2D eigenvalue weighted by Crippen LogP contribution is 2.55. The summed E-state index contributed by atoms with van der Waals surface area (Å²) in [5.41, 5.74) is 15.3. The van der Waals surface area contributed by atoms with E-state index in [0.29, 0.717) is 0 Å². The van der Waals surface area contributed by atoms with Crippen LogP contribution in [0.5, 0.6) is 0 Å². The number of nitrogens with zero attached hydrogens (tertiary/aromatic N) is 2. The highest BCUT2D eigenvalue weighted by atomic mass is 16.3. The molecular formula is C78H50N2O. The number of para-hydroxylation sites is 1. The average Bonchev–Trinajstić information content (AvgIpc) is 4.19. The SMILES string of the molecule is c1ccc(-c2ccc(N(c3ccccc3)c3c4ccccc4c(-c4c5ccccc5c(N(c5ccc(-c6ccccc6)cc5)c5cc6oc7ccc8ccccc8c7c6c6ccccc56)c5ccccc45)c4ccccc34)cc2)cc1. The van der Waals surface area contributed by atoms with E-state index >= 15 is 0 Å². The summed E-state index contributed by atoms with van der Waals surface area (Å²) in [4.78, 5) is 4.96. The molecule has 0 aliphatic heterocycles. The summed E-state index contributed by atoms with van der Waals surface area (Å²) >= 11 is 0. The van der Waals surface area contributed by atoms with Gasteiger partial charge in [0.25, 0.3) is 0 Å². The Hall–Kier alpha value is -10.7. The molecule has 0 saturated carbocycles. The third kappa shape index (κ3) is 7.51. The fraction of sp³-hybridized carbons (Fsp3) is 0. The molecule has 0 atom stereocenters. The minimum absolute atomic E-state index is 0.848. The van der Waals surface area contributed by atoms with Gasteiger partial charge in [-0.25, -0.2) is 0 Å². The van der Waals surface area contributed by atoms with Gasteiger partial charge in [0.15, 0.2) is 0 Å². The monoisotopic (exact) mass is 1030 g/mol. The highest BCUT2D eigenvalue weighted by Gasteiger charge is 2.29. The fourth-order valence-electron chi connectivity index (χ4n) is 13.0. The van der Waals surface area contributed by atoms with Gasteiger partial charge in [0.05, 0.1) is 17.1 Å². The lowest BCUT2D eigenvalue weighted by molar-refractivity contribution is 0.669. The zero-order valence-corrected chi connectivity index (χ0v) is 44.2. The third-order valence-electron chi connectivity index (χ3n) is 16.6. The second kappa shape index (κ2) is 19.0. The molecule has 0 aliphatic carbocycles. The van der Waals surface area contributed by atoms with Crippen LogP contribution in [-0.4, -0.2) is 0 Å². The van der Waals surface area contributed by atoms with E-state index in [0.717, 1.165) is 105 Å². The first-order chi connectivity index (χ1) is 40.2. The molecule has 15 aromatic carbocycles. The van der Waals surface area contributed by atoms with Crippen LogP contribution in [0, 0.1) is 0 Å². The largest absolute Gasteiger partial charge is 0.456 e. The van der Waals surface area contributed by atoms with Crippen molar-refractivity contribution in [2.24, 2.45) is 0 Å². The van der Waals surface area contributed by atoms with Crippen LogP contribution in [0.1, 0.15) is 0 Å². The maximum absolute atomic E-state index is 7.02. The smallest absolute Gasteiger partial charge is 0.138 e. The first-order valence-corrected chi connectivity index (χ1v) is 27.8. The van der Waals surface area contributed by atoms with Crippen LogP contribution in [0.4, 0.5) is 34.1 Å². The standard InChI is InChI=1S/C78H50N2O/c1-4-22-51(23-5-1)53-40-45-57(46-41-53)79(56-27-8-3-9-28-56)77-66-36-18-14-32-62(66)73(63-33-15-19-37-67(63)77)74-64-34-16-20-38-68(64)78(69-39-21-17-35-65(69)74)80(58-47-42-54(43-48-58)52-24-6-2-7-25-52)70-50-72-76(61-31-13-12-30-60(61)70)75-59-29-11-10-26-55(59)44-49-71(75)81-72/h1-50H. The van der Waals surface area contributed by atoms with Crippen molar-refractivity contribution < 1.29 is 4.42 Å². The normalized spacial score (nSPS) is 11.7. The molecular weight excluding hydrogens is 981 g/mol. The predicted molar refractivity (Wildman–Crippen MR) is 344 cm³/mol. The van der Waals surface area contributed by atoms with Crippen LogP contribution in [0.3, 0.4) is 0 Å². The summed E-state index contributed by atoms with van der Waals surface area (Å²) in [6.45, 7) is 0. The second-order valence-corrected chi connectivity index (χ2v) is 21.0. The van der Waals surface area contributed by atoms with E-state index in [2.05, 4.69) is 313 Å². The van der Waals surface area contributed by atoms with Crippen molar-refractivity contribution in [2.75, 3.05) is 9.80 Å². The number of benzene rings is 15. The Kier molecular flexibility index (Phi) is 10.9. The lowest BCUT2D eigenvalue weighted by Gasteiger charge is -2.32. The van der Waals surface area contributed by atoms with Gasteiger partial charge in [0, 0.05) is 60.8 Å². The molecule has 81 heavy (non-hydrogen) atoms. The van der Waals surface area contributed by atoms with Crippen molar-refractivity contribution in [1.82, 2.24) is 0 Å². The summed E-state index contributed by atoms with van der Waals surface area (Å²) in [6, 6.07) is 111. The Morgan fingerprint density at radius 1 is 0.222 bits per heavy atom.